The van der Waals surface area contributed by atoms with E-state index in [1.54, 1.807) is 11.9 Å². The van der Waals surface area contributed by atoms with E-state index < -0.39 is 0 Å². The van der Waals surface area contributed by atoms with Crippen LogP contribution in [0, 0.1) is 0 Å². The van der Waals surface area contributed by atoms with Crippen LogP contribution >= 0.6 is 11.6 Å². The molecule has 110 valence electrons. The second-order valence-corrected chi connectivity index (χ2v) is 4.69. The summed E-state index contributed by atoms with van der Waals surface area (Å²) in [6, 6.07) is 1.45. The minimum absolute atomic E-state index is 0.00829. The van der Waals surface area contributed by atoms with Crippen molar-refractivity contribution in [3.63, 3.8) is 0 Å². The van der Waals surface area contributed by atoms with E-state index in [-0.39, 0.29) is 29.1 Å². The van der Waals surface area contributed by atoms with Crippen molar-refractivity contribution in [1.82, 2.24) is 14.8 Å². The van der Waals surface area contributed by atoms with Gasteiger partial charge in [-0.3, -0.25) is 9.59 Å². The summed E-state index contributed by atoms with van der Waals surface area (Å²) in [5.74, 6) is -0.492. The summed E-state index contributed by atoms with van der Waals surface area (Å²) in [4.78, 5) is 31.0. The summed E-state index contributed by atoms with van der Waals surface area (Å²) in [6.45, 7) is 4.99. The lowest BCUT2D eigenvalue weighted by atomic mass is 10.2. The normalized spacial score (nSPS) is 10.2. The van der Waals surface area contributed by atoms with E-state index in [0.29, 0.717) is 18.8 Å². The van der Waals surface area contributed by atoms with Crippen molar-refractivity contribution >= 4 is 29.1 Å². The number of nitrogens with zero attached hydrogens (tertiary/aromatic N) is 3. The van der Waals surface area contributed by atoms with Crippen LogP contribution in [0.4, 0.5) is 5.69 Å². The Morgan fingerprint density at radius 1 is 1.35 bits per heavy atom. The molecule has 2 N–H and O–H groups in total. The zero-order chi connectivity index (χ0) is 15.3. The molecule has 20 heavy (non-hydrogen) atoms. The highest BCUT2D eigenvalue weighted by Crippen LogP contribution is 2.17. The topological polar surface area (TPSA) is 79.5 Å². The SMILES string of the molecule is CCN(CC)C(=O)CN(C)C(=O)c1cc(N)cnc1Cl. The van der Waals surface area contributed by atoms with E-state index >= 15 is 0 Å². The molecule has 6 nitrogen and oxygen atoms in total. The fourth-order valence-corrected chi connectivity index (χ4v) is 1.96. The van der Waals surface area contributed by atoms with Crippen molar-refractivity contribution in [2.45, 2.75) is 13.8 Å². The van der Waals surface area contributed by atoms with E-state index in [2.05, 4.69) is 4.98 Å². The van der Waals surface area contributed by atoms with Crippen LogP contribution < -0.4 is 5.73 Å². The Bertz CT molecular complexity index is 503. The van der Waals surface area contributed by atoms with Gasteiger partial charge >= 0.3 is 0 Å². The van der Waals surface area contributed by atoms with Crippen LogP contribution in [0.5, 0.6) is 0 Å². The highest BCUT2D eigenvalue weighted by molar-refractivity contribution is 6.32. The molecule has 0 fully saturated rings. The zero-order valence-electron chi connectivity index (χ0n) is 11.9. The van der Waals surface area contributed by atoms with Crippen molar-refractivity contribution in [1.29, 1.82) is 0 Å². The molecule has 0 saturated carbocycles. The maximum atomic E-state index is 12.2. The molecular weight excluding hydrogens is 280 g/mol. The summed E-state index contributed by atoms with van der Waals surface area (Å²) in [5, 5.41) is 0.0753. The van der Waals surface area contributed by atoms with Gasteiger partial charge in [0, 0.05) is 20.1 Å². The van der Waals surface area contributed by atoms with Gasteiger partial charge < -0.3 is 15.5 Å². The van der Waals surface area contributed by atoms with Crippen LogP contribution in [0.25, 0.3) is 0 Å². The molecule has 1 rings (SSSR count). The number of hydrogen-bond acceptors (Lipinski definition) is 4. The number of nitrogen functional groups attached to an aromatic ring is 1. The average Bonchev–Trinajstić information content (AvgIpc) is 2.42. The van der Waals surface area contributed by atoms with Crippen LogP contribution in [-0.4, -0.2) is 53.3 Å². The molecule has 0 aliphatic carbocycles. The van der Waals surface area contributed by atoms with E-state index in [0.717, 1.165) is 0 Å². The van der Waals surface area contributed by atoms with Crippen LogP contribution in [0.1, 0.15) is 24.2 Å². The molecule has 0 aromatic carbocycles. The largest absolute Gasteiger partial charge is 0.397 e. The summed E-state index contributed by atoms with van der Waals surface area (Å²) >= 11 is 5.88. The van der Waals surface area contributed by atoms with Gasteiger partial charge in [0.25, 0.3) is 5.91 Å². The van der Waals surface area contributed by atoms with Crippen molar-refractivity contribution < 1.29 is 9.59 Å². The second kappa shape index (κ2) is 7.09. The minimum atomic E-state index is -0.379. The van der Waals surface area contributed by atoms with Crippen LogP contribution in [0.15, 0.2) is 12.3 Å². The molecule has 0 radical (unpaired) electrons. The number of carbonyl (C=O) groups is 2. The van der Waals surface area contributed by atoms with Gasteiger partial charge in [-0.15, -0.1) is 0 Å². The number of hydrogen-bond donors (Lipinski definition) is 1. The van der Waals surface area contributed by atoms with Gasteiger partial charge in [0.05, 0.1) is 24.0 Å². The lowest BCUT2D eigenvalue weighted by molar-refractivity contribution is -0.131. The third kappa shape index (κ3) is 3.84. The van der Waals surface area contributed by atoms with Gasteiger partial charge in [-0.2, -0.15) is 0 Å². The summed E-state index contributed by atoms with van der Waals surface area (Å²) in [5.41, 5.74) is 6.14. The van der Waals surface area contributed by atoms with Crippen molar-refractivity contribution in [2.75, 3.05) is 32.4 Å². The number of nitrogens with two attached hydrogens (primary N) is 1. The number of amides is 2. The fourth-order valence-electron chi connectivity index (χ4n) is 1.77. The molecule has 0 atom stereocenters. The number of pyridine rings is 1. The van der Waals surface area contributed by atoms with Gasteiger partial charge in [0.15, 0.2) is 0 Å². The number of likely N-dealkylation sites (N-methyl/N-ethyl adjacent to an activating group) is 2. The van der Waals surface area contributed by atoms with Crippen molar-refractivity contribution in [3.05, 3.63) is 23.0 Å². The molecule has 0 aliphatic heterocycles. The monoisotopic (exact) mass is 298 g/mol. The standard InChI is InChI=1S/C13H19ClN4O2/c1-4-18(5-2)11(19)8-17(3)13(20)10-6-9(15)7-16-12(10)14/h6-7H,4-5,8,15H2,1-3H3. The smallest absolute Gasteiger partial charge is 0.257 e. The number of anilines is 1. The number of halogens is 1. The maximum absolute atomic E-state index is 12.2. The summed E-state index contributed by atoms with van der Waals surface area (Å²) in [7, 11) is 1.54. The van der Waals surface area contributed by atoms with Gasteiger partial charge in [-0.1, -0.05) is 11.6 Å². The Balaban J connectivity index is 2.82. The number of carbonyl (C=O) groups excluding carboxylic acids is 2. The van der Waals surface area contributed by atoms with E-state index in [1.165, 1.54) is 17.2 Å². The molecule has 0 bridgehead atoms. The van der Waals surface area contributed by atoms with E-state index in [9.17, 15) is 9.59 Å². The lowest BCUT2D eigenvalue weighted by Crippen LogP contribution is -2.41. The molecule has 0 saturated heterocycles. The number of aromatic nitrogens is 1. The molecule has 7 heteroatoms. The molecule has 1 aromatic heterocycles. The molecule has 1 aromatic rings. The zero-order valence-corrected chi connectivity index (χ0v) is 12.6. The minimum Gasteiger partial charge on any atom is -0.397 e. The first kappa shape index (κ1) is 16.2. The first-order chi connectivity index (χ1) is 9.40. The van der Waals surface area contributed by atoms with Gasteiger partial charge in [-0.05, 0) is 19.9 Å². The lowest BCUT2D eigenvalue weighted by Gasteiger charge is -2.23. The molecule has 2 amide bonds. The van der Waals surface area contributed by atoms with Crippen molar-refractivity contribution in [2.24, 2.45) is 0 Å². The van der Waals surface area contributed by atoms with E-state index in [4.69, 9.17) is 17.3 Å². The Morgan fingerprint density at radius 2 is 1.95 bits per heavy atom. The predicted molar refractivity (Wildman–Crippen MR) is 78.5 cm³/mol. The number of rotatable bonds is 5. The third-order valence-corrected chi connectivity index (χ3v) is 3.23. The van der Waals surface area contributed by atoms with Crippen molar-refractivity contribution in [3.8, 4) is 0 Å². The third-order valence-electron chi connectivity index (χ3n) is 2.93. The average molecular weight is 299 g/mol. The highest BCUT2D eigenvalue weighted by Gasteiger charge is 2.20. The summed E-state index contributed by atoms with van der Waals surface area (Å²) < 4.78 is 0. The second-order valence-electron chi connectivity index (χ2n) is 4.33. The predicted octanol–water partition coefficient (Wildman–Crippen LogP) is 1.26. The molecular formula is C13H19ClN4O2. The fraction of sp³-hybridized carbons (Fsp3) is 0.462. The first-order valence-electron chi connectivity index (χ1n) is 6.34. The summed E-state index contributed by atoms with van der Waals surface area (Å²) in [6.07, 6.45) is 1.38. The molecule has 0 unspecified atom stereocenters. The van der Waals surface area contributed by atoms with Crippen LogP contribution in [0.3, 0.4) is 0 Å². The quantitative estimate of drug-likeness (QED) is 0.830. The van der Waals surface area contributed by atoms with Gasteiger partial charge in [0.1, 0.15) is 5.15 Å². The molecule has 0 aliphatic rings. The molecule has 0 spiro atoms. The first-order valence-corrected chi connectivity index (χ1v) is 6.72. The van der Waals surface area contributed by atoms with Crippen LogP contribution in [0.2, 0.25) is 5.15 Å². The Labute approximate surface area is 123 Å². The molecule has 1 heterocycles. The Morgan fingerprint density at radius 3 is 2.50 bits per heavy atom. The van der Waals surface area contributed by atoms with Crippen LogP contribution in [-0.2, 0) is 4.79 Å². The Kier molecular flexibility index (Phi) is 5.76. The maximum Gasteiger partial charge on any atom is 0.257 e. The van der Waals surface area contributed by atoms with Gasteiger partial charge in [0.2, 0.25) is 5.91 Å². The Hall–Kier alpha value is -1.82. The highest BCUT2D eigenvalue weighted by atomic mass is 35.5. The van der Waals surface area contributed by atoms with Gasteiger partial charge in [-0.25, -0.2) is 4.98 Å². The van der Waals surface area contributed by atoms with E-state index in [1.807, 2.05) is 13.8 Å².